The largest absolute Gasteiger partial charge is 0.397 e. The Morgan fingerprint density at radius 3 is 2.45 bits per heavy atom. The van der Waals surface area contributed by atoms with Crippen molar-refractivity contribution >= 4 is 17.3 Å². The van der Waals surface area contributed by atoms with Gasteiger partial charge in [-0.2, -0.15) is 0 Å². The van der Waals surface area contributed by atoms with Gasteiger partial charge in [-0.05, 0) is 36.2 Å². The van der Waals surface area contributed by atoms with Crippen molar-refractivity contribution in [2.45, 2.75) is 19.8 Å². The molecular formula is C16H19N3O. The summed E-state index contributed by atoms with van der Waals surface area (Å²) in [5, 5.41) is 0. The summed E-state index contributed by atoms with van der Waals surface area (Å²) >= 11 is 0. The molecule has 2 aromatic rings. The van der Waals surface area contributed by atoms with Crippen LogP contribution >= 0.6 is 0 Å². The molecule has 0 aliphatic rings. The van der Waals surface area contributed by atoms with Gasteiger partial charge >= 0.3 is 0 Å². The Balaban J connectivity index is 2.05. The van der Waals surface area contributed by atoms with E-state index in [1.54, 1.807) is 30.3 Å². The average Bonchev–Trinajstić information content (AvgIpc) is 2.49. The Labute approximate surface area is 119 Å². The van der Waals surface area contributed by atoms with Crippen LogP contribution in [0.4, 0.5) is 11.4 Å². The van der Waals surface area contributed by atoms with Crippen LogP contribution in [0.1, 0.15) is 18.2 Å². The highest BCUT2D eigenvalue weighted by atomic mass is 16.2. The maximum atomic E-state index is 12.2. The molecule has 1 heterocycles. The molecule has 0 saturated carbocycles. The monoisotopic (exact) mass is 269 g/mol. The predicted molar refractivity (Wildman–Crippen MR) is 81.6 cm³/mol. The number of nitrogens with two attached hydrogens (primary N) is 1. The standard InChI is InChI=1S/C16H19N3O/c1-3-12-4-8-15(9-5-12)19(2)16(20)10-14-7-6-13(17)11-18-14/h4-9,11H,3,10,17H2,1-2H3. The smallest absolute Gasteiger partial charge is 0.232 e. The number of nitrogen functional groups attached to an aromatic ring is 1. The summed E-state index contributed by atoms with van der Waals surface area (Å²) in [6.45, 7) is 2.11. The van der Waals surface area contributed by atoms with Crippen LogP contribution in [0.15, 0.2) is 42.6 Å². The molecule has 2 rings (SSSR count). The summed E-state index contributed by atoms with van der Waals surface area (Å²) in [5.41, 5.74) is 9.05. The molecule has 1 amide bonds. The van der Waals surface area contributed by atoms with Crippen LogP contribution in [0.3, 0.4) is 0 Å². The van der Waals surface area contributed by atoms with Crippen molar-refractivity contribution in [3.63, 3.8) is 0 Å². The average molecular weight is 269 g/mol. The summed E-state index contributed by atoms with van der Waals surface area (Å²) in [5.74, 6) is 0.00604. The fraction of sp³-hybridized carbons (Fsp3) is 0.250. The van der Waals surface area contributed by atoms with Crippen molar-refractivity contribution in [1.82, 2.24) is 4.98 Å². The van der Waals surface area contributed by atoms with E-state index >= 15 is 0 Å². The van der Waals surface area contributed by atoms with Crippen LogP contribution in [-0.2, 0) is 17.6 Å². The van der Waals surface area contributed by atoms with Gasteiger partial charge in [0, 0.05) is 18.4 Å². The Morgan fingerprint density at radius 2 is 1.90 bits per heavy atom. The first kappa shape index (κ1) is 14.1. The number of pyridine rings is 1. The van der Waals surface area contributed by atoms with Gasteiger partial charge in [0.15, 0.2) is 0 Å². The molecule has 0 atom stereocenters. The summed E-state index contributed by atoms with van der Waals surface area (Å²) < 4.78 is 0. The molecule has 0 saturated heterocycles. The lowest BCUT2D eigenvalue weighted by Gasteiger charge is -2.17. The van der Waals surface area contributed by atoms with Crippen LogP contribution in [0, 0.1) is 0 Å². The van der Waals surface area contributed by atoms with E-state index in [1.165, 1.54) is 5.56 Å². The van der Waals surface area contributed by atoms with Gasteiger partial charge in [-0.1, -0.05) is 19.1 Å². The van der Waals surface area contributed by atoms with Gasteiger partial charge in [0.25, 0.3) is 0 Å². The molecule has 1 aromatic heterocycles. The van der Waals surface area contributed by atoms with Crippen LogP contribution in [0.25, 0.3) is 0 Å². The maximum Gasteiger partial charge on any atom is 0.232 e. The van der Waals surface area contributed by atoms with Crippen LogP contribution in [-0.4, -0.2) is 17.9 Å². The third-order valence-electron chi connectivity index (χ3n) is 3.29. The number of benzene rings is 1. The van der Waals surface area contributed by atoms with E-state index < -0.39 is 0 Å². The van der Waals surface area contributed by atoms with Crippen molar-refractivity contribution in [3.8, 4) is 0 Å². The molecular weight excluding hydrogens is 250 g/mol. The lowest BCUT2D eigenvalue weighted by molar-refractivity contribution is -0.117. The molecule has 4 heteroatoms. The quantitative estimate of drug-likeness (QED) is 0.927. The Hall–Kier alpha value is -2.36. The Kier molecular flexibility index (Phi) is 4.35. The van der Waals surface area contributed by atoms with Gasteiger partial charge in [0.1, 0.15) is 0 Å². The highest BCUT2D eigenvalue weighted by molar-refractivity contribution is 5.94. The van der Waals surface area contributed by atoms with E-state index in [-0.39, 0.29) is 12.3 Å². The van der Waals surface area contributed by atoms with Crippen LogP contribution < -0.4 is 10.6 Å². The van der Waals surface area contributed by atoms with Gasteiger partial charge < -0.3 is 10.6 Å². The SMILES string of the molecule is CCc1ccc(N(C)C(=O)Cc2ccc(N)cn2)cc1. The molecule has 0 spiro atoms. The fourth-order valence-electron chi connectivity index (χ4n) is 1.91. The maximum absolute atomic E-state index is 12.2. The summed E-state index contributed by atoms with van der Waals surface area (Å²) in [4.78, 5) is 18.0. The van der Waals surface area contributed by atoms with Gasteiger partial charge in [-0.25, -0.2) is 0 Å². The lowest BCUT2D eigenvalue weighted by atomic mass is 10.1. The minimum atomic E-state index is 0.00604. The fourth-order valence-corrected chi connectivity index (χ4v) is 1.91. The van der Waals surface area contributed by atoms with Crippen molar-refractivity contribution in [2.24, 2.45) is 0 Å². The minimum Gasteiger partial charge on any atom is -0.397 e. The van der Waals surface area contributed by atoms with Gasteiger partial charge in [-0.15, -0.1) is 0 Å². The van der Waals surface area contributed by atoms with Crippen molar-refractivity contribution in [3.05, 3.63) is 53.9 Å². The highest BCUT2D eigenvalue weighted by Gasteiger charge is 2.12. The topological polar surface area (TPSA) is 59.2 Å². The molecule has 20 heavy (non-hydrogen) atoms. The molecule has 0 bridgehead atoms. The van der Waals surface area contributed by atoms with Gasteiger partial charge in [0.2, 0.25) is 5.91 Å². The number of carbonyl (C=O) groups excluding carboxylic acids is 1. The molecule has 0 aliphatic carbocycles. The van der Waals surface area contributed by atoms with Crippen molar-refractivity contribution in [1.29, 1.82) is 0 Å². The Morgan fingerprint density at radius 1 is 1.20 bits per heavy atom. The number of hydrogen-bond donors (Lipinski definition) is 1. The van der Waals surface area contributed by atoms with E-state index in [9.17, 15) is 4.79 Å². The zero-order valence-corrected chi connectivity index (χ0v) is 11.8. The number of carbonyl (C=O) groups is 1. The summed E-state index contributed by atoms with van der Waals surface area (Å²) in [6, 6.07) is 11.5. The number of aryl methyl sites for hydroxylation is 1. The molecule has 4 nitrogen and oxygen atoms in total. The number of aromatic nitrogens is 1. The third-order valence-corrected chi connectivity index (χ3v) is 3.29. The van der Waals surface area contributed by atoms with Crippen LogP contribution in [0.2, 0.25) is 0 Å². The first-order valence-corrected chi connectivity index (χ1v) is 6.66. The predicted octanol–water partition coefficient (Wildman–Crippen LogP) is 2.43. The summed E-state index contributed by atoms with van der Waals surface area (Å²) in [6.07, 6.45) is 2.83. The van der Waals surface area contributed by atoms with E-state index in [0.717, 1.165) is 17.8 Å². The number of amides is 1. The van der Waals surface area contributed by atoms with E-state index in [1.807, 2.05) is 24.3 Å². The number of nitrogens with zero attached hydrogens (tertiary/aromatic N) is 2. The number of hydrogen-bond acceptors (Lipinski definition) is 3. The lowest BCUT2D eigenvalue weighted by Crippen LogP contribution is -2.28. The number of rotatable bonds is 4. The molecule has 0 radical (unpaired) electrons. The van der Waals surface area contributed by atoms with Crippen molar-refractivity contribution < 1.29 is 4.79 Å². The third kappa shape index (κ3) is 3.35. The molecule has 0 fully saturated rings. The number of anilines is 2. The molecule has 0 unspecified atom stereocenters. The van der Waals surface area contributed by atoms with Gasteiger partial charge in [-0.3, -0.25) is 9.78 Å². The highest BCUT2D eigenvalue weighted by Crippen LogP contribution is 2.15. The van der Waals surface area contributed by atoms with E-state index in [0.29, 0.717) is 5.69 Å². The Bertz CT molecular complexity index is 576. The van der Waals surface area contributed by atoms with Crippen LogP contribution in [0.5, 0.6) is 0 Å². The summed E-state index contributed by atoms with van der Waals surface area (Å²) in [7, 11) is 1.78. The molecule has 2 N–H and O–H groups in total. The first-order valence-electron chi connectivity index (χ1n) is 6.66. The molecule has 0 aliphatic heterocycles. The second kappa shape index (κ2) is 6.19. The zero-order chi connectivity index (χ0) is 14.5. The van der Waals surface area contributed by atoms with Gasteiger partial charge in [0.05, 0.1) is 18.3 Å². The minimum absolute atomic E-state index is 0.00604. The number of likely N-dealkylation sites (N-methyl/N-ethyl adjacent to an activating group) is 1. The normalized spacial score (nSPS) is 10.3. The van der Waals surface area contributed by atoms with E-state index in [2.05, 4.69) is 11.9 Å². The second-order valence-electron chi connectivity index (χ2n) is 4.73. The second-order valence-corrected chi connectivity index (χ2v) is 4.73. The molecule has 1 aromatic carbocycles. The van der Waals surface area contributed by atoms with E-state index in [4.69, 9.17) is 5.73 Å². The first-order chi connectivity index (χ1) is 9.60. The zero-order valence-electron chi connectivity index (χ0n) is 11.8. The van der Waals surface area contributed by atoms with Crippen molar-refractivity contribution in [2.75, 3.05) is 17.7 Å². The molecule has 104 valence electrons.